The van der Waals surface area contributed by atoms with E-state index in [1.807, 2.05) is 42.5 Å². The molecule has 0 unspecified atom stereocenters. The summed E-state index contributed by atoms with van der Waals surface area (Å²) in [6, 6.07) is 17.9. The van der Waals surface area contributed by atoms with Crippen LogP contribution in [0.25, 0.3) is 0 Å². The number of para-hydroxylation sites is 1. The van der Waals surface area contributed by atoms with Crippen molar-refractivity contribution in [2.75, 3.05) is 14.2 Å². The van der Waals surface area contributed by atoms with E-state index in [4.69, 9.17) is 25.8 Å². The van der Waals surface area contributed by atoms with Crippen molar-refractivity contribution in [3.63, 3.8) is 0 Å². The molecule has 0 aromatic heterocycles. The van der Waals surface area contributed by atoms with Crippen LogP contribution in [-0.2, 0) is 19.7 Å². The predicted molar refractivity (Wildman–Crippen MR) is 112 cm³/mol. The van der Waals surface area contributed by atoms with Gasteiger partial charge >= 0.3 is 0 Å². The summed E-state index contributed by atoms with van der Waals surface area (Å²) in [4.78, 5) is 0. The number of hydrogen-bond donors (Lipinski definition) is 1. The predicted octanol–water partition coefficient (Wildman–Crippen LogP) is 5.37. The number of hydrogen-bond acceptors (Lipinski definition) is 4. The van der Waals surface area contributed by atoms with Gasteiger partial charge in [-0.1, -0.05) is 41.9 Å². The molecule has 0 saturated heterocycles. The van der Waals surface area contributed by atoms with E-state index < -0.39 is 0 Å². The Kier molecular flexibility index (Phi) is 7.33. The zero-order valence-corrected chi connectivity index (χ0v) is 17.1. The van der Waals surface area contributed by atoms with E-state index in [9.17, 15) is 4.39 Å². The lowest BCUT2D eigenvalue weighted by Gasteiger charge is -2.14. The highest BCUT2D eigenvalue weighted by Crippen LogP contribution is 2.30. The zero-order chi connectivity index (χ0) is 20.6. The van der Waals surface area contributed by atoms with Gasteiger partial charge in [0.15, 0.2) is 11.5 Å². The molecule has 0 bridgehead atoms. The Bertz CT molecular complexity index is 965. The van der Waals surface area contributed by atoms with E-state index in [0.717, 1.165) is 16.9 Å². The summed E-state index contributed by atoms with van der Waals surface area (Å²) in [5, 5.41) is 3.74. The first-order chi connectivity index (χ1) is 14.1. The summed E-state index contributed by atoms with van der Waals surface area (Å²) in [5.41, 5.74) is 2.86. The molecule has 0 fully saturated rings. The standard InChI is InChI=1S/C23H23ClFNO3/c1-27-21-6-4-3-5-17(21)14-26-13-16-7-10-22(23(11-16)28-2)29-15-18-8-9-19(25)12-20(18)24/h3-12,26H,13-15H2,1-2H3. The molecule has 6 heteroatoms. The molecule has 0 aliphatic heterocycles. The molecular weight excluding hydrogens is 393 g/mol. The van der Waals surface area contributed by atoms with Gasteiger partial charge in [-0.25, -0.2) is 4.39 Å². The van der Waals surface area contributed by atoms with Gasteiger partial charge in [0, 0.05) is 24.2 Å². The average molecular weight is 416 g/mol. The molecule has 0 radical (unpaired) electrons. The number of rotatable bonds is 9. The summed E-state index contributed by atoms with van der Waals surface area (Å²) in [6.45, 7) is 1.58. The van der Waals surface area contributed by atoms with E-state index in [0.29, 0.717) is 35.2 Å². The smallest absolute Gasteiger partial charge is 0.161 e. The Morgan fingerprint density at radius 1 is 0.828 bits per heavy atom. The van der Waals surface area contributed by atoms with Gasteiger partial charge in [-0.3, -0.25) is 0 Å². The summed E-state index contributed by atoms with van der Waals surface area (Å²) in [6.07, 6.45) is 0. The van der Waals surface area contributed by atoms with Crippen LogP contribution in [0.15, 0.2) is 60.7 Å². The second kappa shape index (κ2) is 10.1. The van der Waals surface area contributed by atoms with Gasteiger partial charge in [-0.15, -0.1) is 0 Å². The number of methoxy groups -OCH3 is 2. The van der Waals surface area contributed by atoms with Gasteiger partial charge < -0.3 is 19.5 Å². The number of benzene rings is 3. The second-order valence-electron chi connectivity index (χ2n) is 6.43. The molecule has 0 aliphatic rings. The normalized spacial score (nSPS) is 10.6. The van der Waals surface area contributed by atoms with E-state index >= 15 is 0 Å². The van der Waals surface area contributed by atoms with Crippen LogP contribution < -0.4 is 19.5 Å². The minimum Gasteiger partial charge on any atom is -0.496 e. The Morgan fingerprint density at radius 2 is 1.62 bits per heavy atom. The van der Waals surface area contributed by atoms with E-state index in [1.165, 1.54) is 12.1 Å². The number of nitrogens with one attached hydrogen (secondary N) is 1. The lowest BCUT2D eigenvalue weighted by Crippen LogP contribution is -2.13. The largest absolute Gasteiger partial charge is 0.496 e. The van der Waals surface area contributed by atoms with Gasteiger partial charge in [0.2, 0.25) is 0 Å². The van der Waals surface area contributed by atoms with Crippen LogP contribution in [0.1, 0.15) is 16.7 Å². The van der Waals surface area contributed by atoms with Crippen molar-refractivity contribution in [3.05, 3.63) is 88.2 Å². The Labute approximate surface area is 175 Å². The highest BCUT2D eigenvalue weighted by atomic mass is 35.5. The lowest BCUT2D eigenvalue weighted by atomic mass is 10.1. The summed E-state index contributed by atoms with van der Waals surface area (Å²) < 4.78 is 29.8. The van der Waals surface area contributed by atoms with Gasteiger partial charge in [0.05, 0.1) is 19.2 Å². The molecular formula is C23H23ClFNO3. The minimum absolute atomic E-state index is 0.223. The molecule has 3 rings (SSSR count). The van der Waals surface area contributed by atoms with Crippen molar-refractivity contribution in [1.29, 1.82) is 0 Å². The van der Waals surface area contributed by atoms with Crippen LogP contribution in [0.4, 0.5) is 4.39 Å². The third kappa shape index (κ3) is 5.62. The molecule has 0 aliphatic carbocycles. The summed E-state index contributed by atoms with van der Waals surface area (Å²) >= 11 is 6.06. The Morgan fingerprint density at radius 3 is 2.38 bits per heavy atom. The molecule has 0 heterocycles. The maximum Gasteiger partial charge on any atom is 0.161 e. The van der Waals surface area contributed by atoms with Crippen LogP contribution >= 0.6 is 11.6 Å². The first-order valence-corrected chi connectivity index (χ1v) is 9.54. The first-order valence-electron chi connectivity index (χ1n) is 9.17. The highest BCUT2D eigenvalue weighted by Gasteiger charge is 2.09. The fraction of sp³-hybridized carbons (Fsp3) is 0.217. The highest BCUT2D eigenvalue weighted by molar-refractivity contribution is 6.31. The van der Waals surface area contributed by atoms with Gasteiger partial charge in [-0.05, 0) is 35.9 Å². The summed E-state index contributed by atoms with van der Waals surface area (Å²) in [7, 11) is 3.26. The molecule has 152 valence electrons. The van der Waals surface area contributed by atoms with Crippen molar-refractivity contribution in [1.82, 2.24) is 5.32 Å². The van der Waals surface area contributed by atoms with Crippen LogP contribution in [0.5, 0.6) is 17.2 Å². The SMILES string of the molecule is COc1ccccc1CNCc1ccc(OCc2ccc(F)cc2Cl)c(OC)c1. The average Bonchev–Trinajstić information content (AvgIpc) is 2.74. The first kappa shape index (κ1) is 21.0. The zero-order valence-electron chi connectivity index (χ0n) is 16.4. The Hall–Kier alpha value is -2.76. The maximum absolute atomic E-state index is 13.2. The monoisotopic (exact) mass is 415 g/mol. The van der Waals surface area contributed by atoms with Crippen molar-refractivity contribution in [2.45, 2.75) is 19.7 Å². The third-order valence-corrected chi connectivity index (χ3v) is 4.82. The molecule has 3 aromatic rings. The summed E-state index contributed by atoms with van der Waals surface area (Å²) in [5.74, 6) is 1.71. The van der Waals surface area contributed by atoms with E-state index in [2.05, 4.69) is 5.32 Å². The van der Waals surface area contributed by atoms with E-state index in [-0.39, 0.29) is 12.4 Å². The van der Waals surface area contributed by atoms with Crippen molar-refractivity contribution >= 4 is 11.6 Å². The van der Waals surface area contributed by atoms with Gasteiger partial charge in [0.1, 0.15) is 18.2 Å². The van der Waals surface area contributed by atoms with Gasteiger partial charge in [0.25, 0.3) is 0 Å². The van der Waals surface area contributed by atoms with Crippen LogP contribution in [0.2, 0.25) is 5.02 Å². The number of ether oxygens (including phenoxy) is 3. The van der Waals surface area contributed by atoms with Crippen molar-refractivity contribution in [3.8, 4) is 17.2 Å². The molecule has 0 saturated carbocycles. The molecule has 0 spiro atoms. The third-order valence-electron chi connectivity index (χ3n) is 4.46. The second-order valence-corrected chi connectivity index (χ2v) is 6.83. The molecule has 3 aromatic carbocycles. The van der Waals surface area contributed by atoms with Crippen LogP contribution in [-0.4, -0.2) is 14.2 Å². The maximum atomic E-state index is 13.2. The topological polar surface area (TPSA) is 39.7 Å². The van der Waals surface area contributed by atoms with Crippen LogP contribution in [0.3, 0.4) is 0 Å². The minimum atomic E-state index is -0.374. The number of halogens is 2. The van der Waals surface area contributed by atoms with Crippen LogP contribution in [0, 0.1) is 5.82 Å². The molecule has 4 nitrogen and oxygen atoms in total. The van der Waals surface area contributed by atoms with Crippen molar-refractivity contribution < 1.29 is 18.6 Å². The van der Waals surface area contributed by atoms with E-state index in [1.54, 1.807) is 20.3 Å². The fourth-order valence-corrected chi connectivity index (χ4v) is 3.15. The molecule has 0 amide bonds. The Balaban J connectivity index is 1.61. The van der Waals surface area contributed by atoms with Crippen molar-refractivity contribution in [2.24, 2.45) is 0 Å². The fourth-order valence-electron chi connectivity index (χ4n) is 2.93. The molecule has 1 N–H and O–H groups in total. The lowest BCUT2D eigenvalue weighted by molar-refractivity contribution is 0.284. The quantitative estimate of drug-likeness (QED) is 0.510. The van der Waals surface area contributed by atoms with Gasteiger partial charge in [-0.2, -0.15) is 0 Å². The molecule has 29 heavy (non-hydrogen) atoms. The molecule has 0 atom stereocenters.